The first-order valence-corrected chi connectivity index (χ1v) is 4.95. The summed E-state index contributed by atoms with van der Waals surface area (Å²) in [7, 11) is 0. The molecule has 0 radical (unpaired) electrons. The lowest BCUT2D eigenvalue weighted by molar-refractivity contribution is 0.282. The molecule has 0 aromatic carbocycles. The van der Waals surface area contributed by atoms with Crippen LogP contribution in [0.25, 0.3) is 11.3 Å². The second kappa shape index (κ2) is 4.55. The third kappa shape index (κ3) is 2.18. The minimum Gasteiger partial charge on any atom is -0.392 e. The zero-order valence-corrected chi connectivity index (χ0v) is 8.95. The van der Waals surface area contributed by atoms with Crippen molar-refractivity contribution in [1.29, 1.82) is 0 Å². The highest BCUT2D eigenvalue weighted by atomic mass is 35.5. The molecule has 2 heterocycles. The van der Waals surface area contributed by atoms with Gasteiger partial charge in [0.25, 0.3) is 0 Å². The van der Waals surface area contributed by atoms with E-state index in [4.69, 9.17) is 16.7 Å². The van der Waals surface area contributed by atoms with Crippen LogP contribution >= 0.6 is 11.6 Å². The Hall–Kier alpha value is -1.52. The van der Waals surface area contributed by atoms with E-state index in [9.17, 15) is 4.39 Å². The molecule has 2 rings (SSSR count). The van der Waals surface area contributed by atoms with Crippen LogP contribution in [0.1, 0.15) is 5.56 Å². The molecule has 0 aliphatic carbocycles. The number of halogens is 2. The molecule has 0 saturated carbocycles. The van der Waals surface area contributed by atoms with Gasteiger partial charge in [-0.2, -0.15) is 0 Å². The van der Waals surface area contributed by atoms with Crippen LogP contribution in [-0.4, -0.2) is 15.1 Å². The molecule has 0 spiro atoms. The van der Waals surface area contributed by atoms with Crippen LogP contribution in [0.4, 0.5) is 4.39 Å². The molecule has 0 bridgehead atoms. The van der Waals surface area contributed by atoms with Crippen molar-refractivity contribution in [3.8, 4) is 11.3 Å². The van der Waals surface area contributed by atoms with Gasteiger partial charge < -0.3 is 5.11 Å². The number of hydrogen-bond acceptors (Lipinski definition) is 3. The van der Waals surface area contributed by atoms with E-state index in [1.165, 1.54) is 12.4 Å². The molecule has 3 nitrogen and oxygen atoms in total. The van der Waals surface area contributed by atoms with Crippen molar-refractivity contribution < 1.29 is 9.50 Å². The normalized spacial score (nSPS) is 10.4. The quantitative estimate of drug-likeness (QED) is 0.818. The molecular weight excluding hydrogens is 231 g/mol. The average molecular weight is 239 g/mol. The molecule has 0 saturated heterocycles. The number of rotatable bonds is 2. The van der Waals surface area contributed by atoms with Gasteiger partial charge in [-0.05, 0) is 17.7 Å². The number of pyridine rings is 2. The van der Waals surface area contributed by atoms with Gasteiger partial charge in [-0.3, -0.25) is 4.98 Å². The Morgan fingerprint density at radius 1 is 1.31 bits per heavy atom. The highest BCUT2D eigenvalue weighted by molar-refractivity contribution is 6.29. The van der Waals surface area contributed by atoms with Crippen LogP contribution in [-0.2, 0) is 6.61 Å². The molecule has 5 heteroatoms. The maximum absolute atomic E-state index is 13.5. The van der Waals surface area contributed by atoms with Gasteiger partial charge in [0.2, 0.25) is 0 Å². The molecule has 1 N–H and O–H groups in total. The van der Waals surface area contributed by atoms with E-state index in [1.807, 2.05) is 0 Å². The Labute approximate surface area is 96.6 Å². The number of aromatic nitrogens is 2. The summed E-state index contributed by atoms with van der Waals surface area (Å²) in [6.07, 6.45) is 2.83. The molecule has 0 aliphatic rings. The summed E-state index contributed by atoms with van der Waals surface area (Å²) >= 11 is 5.55. The van der Waals surface area contributed by atoms with Crippen molar-refractivity contribution in [2.24, 2.45) is 0 Å². The fourth-order valence-corrected chi connectivity index (χ4v) is 1.46. The Morgan fingerprint density at radius 2 is 2.12 bits per heavy atom. The molecule has 0 fully saturated rings. The number of nitrogens with zero attached hydrogens (tertiary/aromatic N) is 2. The van der Waals surface area contributed by atoms with Crippen LogP contribution in [0.15, 0.2) is 30.6 Å². The first kappa shape index (κ1) is 11.0. The number of hydrogen-bond donors (Lipinski definition) is 1. The Bertz CT molecular complexity index is 519. The third-order valence-electron chi connectivity index (χ3n) is 2.10. The van der Waals surface area contributed by atoms with E-state index in [0.717, 1.165) is 6.07 Å². The molecule has 0 aliphatic heterocycles. The average Bonchev–Trinajstić information content (AvgIpc) is 2.29. The summed E-state index contributed by atoms with van der Waals surface area (Å²) in [4.78, 5) is 7.81. The van der Waals surface area contributed by atoms with Gasteiger partial charge in [-0.15, -0.1) is 0 Å². The molecule has 2 aromatic heterocycles. The predicted molar refractivity (Wildman–Crippen MR) is 58.4 cm³/mol. The summed E-state index contributed by atoms with van der Waals surface area (Å²) in [5, 5.41) is 9.06. The van der Waals surface area contributed by atoms with Gasteiger partial charge in [0.15, 0.2) is 0 Å². The van der Waals surface area contributed by atoms with Gasteiger partial charge in [0.05, 0.1) is 17.9 Å². The van der Waals surface area contributed by atoms with Crippen molar-refractivity contribution in [2.75, 3.05) is 0 Å². The van der Waals surface area contributed by atoms with Crippen molar-refractivity contribution >= 4 is 11.6 Å². The third-order valence-corrected chi connectivity index (χ3v) is 2.31. The van der Waals surface area contributed by atoms with Crippen molar-refractivity contribution in [3.63, 3.8) is 0 Å². The SMILES string of the molecule is OCc1ccnc(-c2cnc(Cl)cc2F)c1. The molecule has 82 valence electrons. The number of aliphatic hydroxyl groups is 1. The second-order valence-corrected chi connectivity index (χ2v) is 3.58. The number of aliphatic hydroxyl groups excluding tert-OH is 1. The maximum Gasteiger partial charge on any atom is 0.137 e. The van der Waals surface area contributed by atoms with Crippen LogP contribution in [0.3, 0.4) is 0 Å². The fraction of sp³-hybridized carbons (Fsp3) is 0.0909. The largest absolute Gasteiger partial charge is 0.392 e. The summed E-state index contributed by atoms with van der Waals surface area (Å²) < 4.78 is 13.5. The summed E-state index contributed by atoms with van der Waals surface area (Å²) in [5.74, 6) is -0.484. The fourth-order valence-electron chi connectivity index (χ4n) is 1.32. The van der Waals surface area contributed by atoms with Crippen molar-refractivity contribution in [2.45, 2.75) is 6.61 Å². The smallest absolute Gasteiger partial charge is 0.137 e. The predicted octanol–water partition coefficient (Wildman–Crippen LogP) is 2.43. The molecule has 2 aromatic rings. The van der Waals surface area contributed by atoms with Crippen molar-refractivity contribution in [3.05, 3.63) is 47.1 Å². The first-order valence-electron chi connectivity index (χ1n) is 4.58. The van der Waals surface area contributed by atoms with E-state index in [0.29, 0.717) is 11.3 Å². The summed E-state index contributed by atoms with van der Waals surface area (Å²) in [6, 6.07) is 4.39. The van der Waals surface area contributed by atoms with Crippen LogP contribution in [0, 0.1) is 5.82 Å². The minimum absolute atomic E-state index is 0.0968. The second-order valence-electron chi connectivity index (χ2n) is 3.19. The lowest BCUT2D eigenvalue weighted by atomic mass is 10.1. The van der Waals surface area contributed by atoms with E-state index in [2.05, 4.69) is 9.97 Å². The standard InChI is InChI=1S/C11H8ClFN2O/c12-11-4-9(13)8(5-15-11)10-3-7(6-16)1-2-14-10/h1-5,16H,6H2. The molecule has 0 amide bonds. The van der Waals surface area contributed by atoms with Crippen LogP contribution in [0.5, 0.6) is 0 Å². The van der Waals surface area contributed by atoms with Gasteiger partial charge in [-0.1, -0.05) is 11.6 Å². The maximum atomic E-state index is 13.5. The summed E-state index contributed by atoms with van der Waals surface area (Å²) in [6.45, 7) is -0.113. The van der Waals surface area contributed by atoms with E-state index >= 15 is 0 Å². The van der Waals surface area contributed by atoms with Gasteiger partial charge in [0, 0.05) is 18.5 Å². The minimum atomic E-state index is -0.484. The van der Waals surface area contributed by atoms with E-state index in [-0.39, 0.29) is 17.3 Å². The molecular formula is C11H8ClFN2O. The van der Waals surface area contributed by atoms with Gasteiger partial charge >= 0.3 is 0 Å². The van der Waals surface area contributed by atoms with Gasteiger partial charge in [-0.25, -0.2) is 9.37 Å². The Kier molecular flexibility index (Phi) is 3.12. The van der Waals surface area contributed by atoms with Crippen LogP contribution in [0.2, 0.25) is 5.15 Å². The van der Waals surface area contributed by atoms with Crippen LogP contribution < -0.4 is 0 Å². The Balaban J connectivity index is 2.49. The highest BCUT2D eigenvalue weighted by Gasteiger charge is 2.08. The van der Waals surface area contributed by atoms with E-state index in [1.54, 1.807) is 12.1 Å². The van der Waals surface area contributed by atoms with E-state index < -0.39 is 5.82 Å². The monoisotopic (exact) mass is 238 g/mol. The topological polar surface area (TPSA) is 46.0 Å². The molecule has 16 heavy (non-hydrogen) atoms. The zero-order valence-electron chi connectivity index (χ0n) is 8.19. The van der Waals surface area contributed by atoms with Gasteiger partial charge in [0.1, 0.15) is 11.0 Å². The zero-order chi connectivity index (χ0) is 11.5. The summed E-state index contributed by atoms with van der Waals surface area (Å²) in [5.41, 5.74) is 1.35. The Morgan fingerprint density at radius 3 is 2.81 bits per heavy atom. The molecule has 0 atom stereocenters. The van der Waals surface area contributed by atoms with Crippen molar-refractivity contribution in [1.82, 2.24) is 9.97 Å². The lowest BCUT2D eigenvalue weighted by Gasteiger charge is -2.03. The molecule has 0 unspecified atom stereocenters. The first-order chi connectivity index (χ1) is 7.70. The highest BCUT2D eigenvalue weighted by Crippen LogP contribution is 2.22. The lowest BCUT2D eigenvalue weighted by Crippen LogP contribution is -1.92.